The van der Waals surface area contributed by atoms with Gasteiger partial charge in [0, 0.05) is 6.42 Å². The average Bonchev–Trinajstić information content (AvgIpc) is 2.82. The second-order valence-corrected chi connectivity index (χ2v) is 12.0. The van der Waals surface area contributed by atoms with Crippen LogP contribution < -0.4 is 0 Å². The van der Waals surface area contributed by atoms with Crippen molar-refractivity contribution in [3.05, 3.63) is 68.8 Å². The molecule has 1 aliphatic carbocycles. The molecule has 39 heavy (non-hydrogen) atoms. The van der Waals surface area contributed by atoms with Crippen LogP contribution in [0.25, 0.3) is 0 Å². The van der Waals surface area contributed by atoms with Gasteiger partial charge in [-0.1, -0.05) is 12.1 Å². The Kier molecular flexibility index (Phi) is 9.55. The third kappa shape index (κ3) is 8.12. The summed E-state index contributed by atoms with van der Waals surface area (Å²) in [7, 11) is -4.30. The fourth-order valence-corrected chi connectivity index (χ4v) is 5.19. The fourth-order valence-electron chi connectivity index (χ4n) is 4.90. The molecule has 1 saturated carbocycles. The molecule has 2 aromatic carbocycles. The highest BCUT2D eigenvalue weighted by atomic mass is 32.2. The summed E-state index contributed by atoms with van der Waals surface area (Å²) in [6.07, 6.45) is -1.05. The molecule has 9 nitrogen and oxygen atoms in total. The van der Waals surface area contributed by atoms with Gasteiger partial charge in [0.1, 0.15) is 24.6 Å². The third-order valence-electron chi connectivity index (χ3n) is 7.15. The first-order chi connectivity index (χ1) is 18.1. The highest BCUT2D eigenvalue weighted by Gasteiger charge is 2.38. The van der Waals surface area contributed by atoms with Gasteiger partial charge >= 0.3 is 17.9 Å². The van der Waals surface area contributed by atoms with E-state index >= 15 is 0 Å². The highest BCUT2D eigenvalue weighted by Crippen LogP contribution is 2.32. The van der Waals surface area contributed by atoms with Crippen molar-refractivity contribution >= 4 is 28.0 Å². The van der Waals surface area contributed by atoms with Crippen LogP contribution in [-0.4, -0.2) is 55.4 Å². The molecule has 0 bridgehead atoms. The average molecular weight is 561 g/mol. The molecule has 0 spiro atoms. The van der Waals surface area contributed by atoms with E-state index < -0.39 is 58.5 Å². The first-order valence-corrected chi connectivity index (χ1v) is 14.4. The Morgan fingerprint density at radius 3 is 1.62 bits per heavy atom. The van der Waals surface area contributed by atoms with Crippen LogP contribution in [0.15, 0.2) is 24.3 Å². The zero-order chi connectivity index (χ0) is 29.1. The summed E-state index contributed by atoms with van der Waals surface area (Å²) in [5.74, 6) is -3.35. The minimum atomic E-state index is -4.30. The number of hydrogen-bond donors (Lipinski definition) is 1. The molecule has 2 atom stereocenters. The zero-order valence-electron chi connectivity index (χ0n) is 23.2. The Hall–Kier alpha value is -3.24. The lowest BCUT2D eigenvalue weighted by atomic mass is 9.85. The third-order valence-corrected chi connectivity index (χ3v) is 7.83. The maximum atomic E-state index is 13.1. The van der Waals surface area contributed by atoms with E-state index in [4.69, 9.17) is 18.8 Å². The van der Waals surface area contributed by atoms with E-state index in [1.54, 1.807) is 12.1 Å². The minimum Gasteiger partial charge on any atom is -0.464 e. The van der Waals surface area contributed by atoms with Crippen molar-refractivity contribution in [3.63, 3.8) is 0 Å². The first kappa shape index (κ1) is 30.3. The largest absolute Gasteiger partial charge is 0.464 e. The second kappa shape index (κ2) is 12.3. The van der Waals surface area contributed by atoms with Crippen molar-refractivity contribution in [1.29, 1.82) is 0 Å². The first-order valence-electron chi connectivity index (χ1n) is 12.8. The molecular formula is C29H36O9S. The van der Waals surface area contributed by atoms with Crippen molar-refractivity contribution in [2.24, 2.45) is 5.92 Å². The maximum Gasteiger partial charge on any atom is 0.338 e. The maximum absolute atomic E-state index is 13.1. The normalized spacial score (nSPS) is 19.3. The smallest absolute Gasteiger partial charge is 0.338 e. The molecule has 0 aliphatic heterocycles. The van der Waals surface area contributed by atoms with E-state index in [0.29, 0.717) is 11.1 Å². The summed E-state index contributed by atoms with van der Waals surface area (Å²) < 4.78 is 47.6. The van der Waals surface area contributed by atoms with Crippen LogP contribution in [0.4, 0.5) is 0 Å². The van der Waals surface area contributed by atoms with Gasteiger partial charge in [-0.3, -0.25) is 9.35 Å². The van der Waals surface area contributed by atoms with Gasteiger partial charge < -0.3 is 14.2 Å². The van der Waals surface area contributed by atoms with E-state index in [1.807, 2.05) is 53.7 Å². The number of esters is 3. The lowest BCUT2D eigenvalue weighted by Gasteiger charge is -2.33. The van der Waals surface area contributed by atoms with Crippen molar-refractivity contribution in [2.45, 2.75) is 73.0 Å². The van der Waals surface area contributed by atoms with Gasteiger partial charge in [0.25, 0.3) is 10.1 Å². The van der Waals surface area contributed by atoms with Gasteiger partial charge in [-0.25, -0.2) is 9.59 Å². The van der Waals surface area contributed by atoms with Crippen LogP contribution in [0.3, 0.4) is 0 Å². The number of ether oxygens (including phenoxy) is 3. The molecule has 2 aromatic rings. The summed E-state index contributed by atoms with van der Waals surface area (Å²) in [6, 6.07) is 7.43. The van der Waals surface area contributed by atoms with E-state index in [2.05, 4.69) is 0 Å². The lowest BCUT2D eigenvalue weighted by Crippen LogP contribution is -2.39. The quantitative estimate of drug-likeness (QED) is 0.281. The summed E-state index contributed by atoms with van der Waals surface area (Å²) in [4.78, 5) is 39.0. The molecule has 1 N–H and O–H groups in total. The Balaban J connectivity index is 1.81. The molecule has 1 aliphatic rings. The van der Waals surface area contributed by atoms with Crippen molar-refractivity contribution in [2.75, 3.05) is 12.4 Å². The predicted octanol–water partition coefficient (Wildman–Crippen LogP) is 4.52. The van der Waals surface area contributed by atoms with Crippen LogP contribution in [0.1, 0.15) is 73.4 Å². The van der Waals surface area contributed by atoms with E-state index in [0.717, 1.165) is 33.4 Å². The van der Waals surface area contributed by atoms with E-state index in [9.17, 15) is 22.8 Å². The van der Waals surface area contributed by atoms with Crippen LogP contribution in [0, 0.1) is 47.5 Å². The lowest BCUT2D eigenvalue weighted by molar-refractivity contribution is -0.152. The van der Waals surface area contributed by atoms with Gasteiger partial charge in [-0.15, -0.1) is 0 Å². The van der Waals surface area contributed by atoms with Crippen molar-refractivity contribution in [1.82, 2.24) is 0 Å². The second-order valence-electron chi connectivity index (χ2n) is 10.4. The molecule has 0 heterocycles. The number of benzene rings is 2. The van der Waals surface area contributed by atoms with Crippen LogP contribution in [0.2, 0.25) is 0 Å². The van der Waals surface area contributed by atoms with Crippen LogP contribution in [-0.2, 0) is 29.1 Å². The van der Waals surface area contributed by atoms with E-state index in [1.165, 1.54) is 0 Å². The van der Waals surface area contributed by atoms with Gasteiger partial charge in [0.15, 0.2) is 0 Å². The molecule has 0 saturated heterocycles. The Morgan fingerprint density at radius 1 is 0.769 bits per heavy atom. The SMILES string of the molecule is Cc1cc(C)c(C)c(C(=O)OC2CC(OC(=O)c3cc(C)cc(C)c3C)CC(C(=O)OCCS(=O)(=O)O)C2)c1. The van der Waals surface area contributed by atoms with E-state index in [-0.39, 0.29) is 19.3 Å². The summed E-state index contributed by atoms with van der Waals surface area (Å²) >= 11 is 0. The topological polar surface area (TPSA) is 133 Å². The number of aryl methyl sites for hydroxylation is 4. The molecule has 212 valence electrons. The Labute approximate surface area is 229 Å². The summed E-state index contributed by atoms with van der Waals surface area (Å²) in [5, 5.41) is 0. The molecule has 2 unspecified atom stereocenters. The molecule has 0 aromatic heterocycles. The molecule has 0 amide bonds. The predicted molar refractivity (Wildman–Crippen MR) is 144 cm³/mol. The van der Waals surface area contributed by atoms with Crippen molar-refractivity contribution in [3.8, 4) is 0 Å². The van der Waals surface area contributed by atoms with Crippen molar-refractivity contribution < 1.29 is 41.6 Å². The summed E-state index contributed by atoms with van der Waals surface area (Å²) in [6.45, 7) is 10.7. The van der Waals surface area contributed by atoms with Gasteiger partial charge in [-0.05, 0) is 99.9 Å². The van der Waals surface area contributed by atoms with Gasteiger partial charge in [0.05, 0.1) is 17.0 Å². The highest BCUT2D eigenvalue weighted by molar-refractivity contribution is 7.85. The zero-order valence-corrected chi connectivity index (χ0v) is 24.0. The Morgan fingerprint density at radius 2 is 1.21 bits per heavy atom. The molecule has 0 radical (unpaired) electrons. The summed E-state index contributed by atoms with van der Waals surface area (Å²) in [5.41, 5.74) is 6.12. The number of hydrogen-bond acceptors (Lipinski definition) is 8. The Bertz CT molecular complexity index is 1300. The fraction of sp³-hybridized carbons (Fsp3) is 0.483. The van der Waals surface area contributed by atoms with Crippen LogP contribution >= 0.6 is 0 Å². The monoisotopic (exact) mass is 560 g/mol. The van der Waals surface area contributed by atoms with Gasteiger partial charge in [0.2, 0.25) is 0 Å². The standard InChI is InChI=1S/C29H36O9S/c1-16-9-18(3)20(5)25(11-16)28(31)37-23-13-22(27(30)36-7-8-39(33,34)35)14-24(15-23)38-29(32)26-12-17(2)10-19(4)21(26)6/h9-12,22-24H,7-8,13-15H2,1-6H3,(H,33,34,35). The molecular weight excluding hydrogens is 524 g/mol. The molecule has 10 heteroatoms. The number of rotatable bonds is 8. The number of carbonyl (C=O) groups excluding carboxylic acids is 3. The van der Waals surface area contributed by atoms with Crippen LogP contribution in [0.5, 0.6) is 0 Å². The molecule has 3 rings (SSSR count). The minimum absolute atomic E-state index is 0.122. The number of carbonyl (C=O) groups is 3. The molecule has 1 fully saturated rings. The van der Waals surface area contributed by atoms with Gasteiger partial charge in [-0.2, -0.15) is 8.42 Å².